The van der Waals surface area contributed by atoms with Gasteiger partial charge >= 0.3 is 11.9 Å². The number of aryl methyl sites for hydroxylation is 2. The minimum absolute atomic E-state index is 0.0834. The number of fused-ring (bicyclic) bond motifs is 8. The molecule has 2 aliphatic heterocycles. The van der Waals surface area contributed by atoms with Gasteiger partial charge in [0.1, 0.15) is 11.7 Å². The number of rotatable bonds is 8. The molecule has 5 atom stereocenters. The number of carbonyl (C=O) groups excluding carboxylic acids is 2. The Hall–Kier alpha value is -4.86. The topological polar surface area (TPSA) is 150 Å². The Labute approximate surface area is 292 Å². The van der Waals surface area contributed by atoms with Gasteiger partial charge < -0.3 is 29.7 Å². The second-order valence-electron chi connectivity index (χ2n) is 14.2. The Morgan fingerprint density at radius 1 is 0.920 bits per heavy atom. The Bertz CT molecular complexity index is 2210. The zero-order valence-corrected chi connectivity index (χ0v) is 30.3. The summed E-state index contributed by atoms with van der Waals surface area (Å²) in [6.07, 6.45) is 2.03. The first-order valence-corrected chi connectivity index (χ1v) is 17.5. The van der Waals surface area contributed by atoms with Gasteiger partial charge in [-0.1, -0.05) is 26.3 Å². The Kier molecular flexibility index (Phi) is 9.41. The minimum atomic E-state index is -1.08. The molecule has 264 valence electrons. The fourth-order valence-corrected chi connectivity index (χ4v) is 8.05. The number of esters is 2. The molecule has 3 aromatic rings. The van der Waals surface area contributed by atoms with E-state index in [-0.39, 0.29) is 54.2 Å². The predicted octanol–water partition coefficient (Wildman–Crippen LogP) is 7.03. The van der Waals surface area contributed by atoms with E-state index < -0.39 is 11.9 Å². The summed E-state index contributed by atoms with van der Waals surface area (Å²) in [5.74, 6) is -2.04. The number of aliphatic hydroxyl groups is 2. The molecular formula is C40H48N4O6. The summed E-state index contributed by atoms with van der Waals surface area (Å²) in [5.41, 5.74) is 9.32. The van der Waals surface area contributed by atoms with Gasteiger partial charge in [-0.2, -0.15) is 0 Å². The lowest BCUT2D eigenvalue weighted by Gasteiger charge is -2.19. The lowest BCUT2D eigenvalue weighted by atomic mass is 9.84. The van der Waals surface area contributed by atoms with Crippen molar-refractivity contribution in [2.24, 2.45) is 0 Å². The van der Waals surface area contributed by atoms with E-state index >= 15 is 0 Å². The smallest absolute Gasteiger partial charge is 0.321 e. The third-order valence-electron chi connectivity index (χ3n) is 10.9. The lowest BCUT2D eigenvalue weighted by molar-refractivity contribution is -0.144. The monoisotopic (exact) mass is 680 g/mol. The largest absolute Gasteiger partial charge is 0.512 e. The molecule has 5 heterocycles. The maximum absolute atomic E-state index is 13.5. The zero-order chi connectivity index (χ0) is 36.2. The highest BCUT2D eigenvalue weighted by Gasteiger charge is 2.41. The SMILES string of the molecule is C=C(C)CCOC(=O)CC[C@@H]1c2nc(cc3[nH]c(cc4nc(cc5[nH]c6c2[C@@H](C(=O)OC)C(O)=c6c5C)[C@H](CC)[C@H]4C)/c(=C(\C)O)c3C)[C@H]1C. The number of aliphatic hydroxyl groups excluding tert-OH is 2. The molecule has 0 amide bonds. The number of hydrogen-bond donors (Lipinski definition) is 4. The minimum Gasteiger partial charge on any atom is -0.512 e. The van der Waals surface area contributed by atoms with Crippen molar-refractivity contribution in [1.82, 2.24) is 19.9 Å². The van der Waals surface area contributed by atoms with Crippen molar-refractivity contribution < 1.29 is 29.3 Å². The van der Waals surface area contributed by atoms with Crippen LogP contribution in [0.4, 0.5) is 0 Å². The quantitative estimate of drug-likeness (QED) is 0.146. The number of carbonyl (C=O) groups is 2. The summed E-state index contributed by atoms with van der Waals surface area (Å²) in [4.78, 5) is 43.8. The third-order valence-corrected chi connectivity index (χ3v) is 10.9. The van der Waals surface area contributed by atoms with Crippen molar-refractivity contribution >= 4 is 45.5 Å². The molecule has 0 saturated carbocycles. The highest BCUT2D eigenvalue weighted by atomic mass is 16.5. The molecule has 4 N–H and O–H groups in total. The number of nitrogens with zero attached hydrogens (tertiary/aromatic N) is 2. The third kappa shape index (κ3) is 5.88. The molecule has 0 aromatic carbocycles. The van der Waals surface area contributed by atoms with Crippen LogP contribution >= 0.6 is 0 Å². The molecule has 6 rings (SSSR count). The van der Waals surface area contributed by atoms with Gasteiger partial charge in [-0.15, -0.1) is 6.58 Å². The predicted molar refractivity (Wildman–Crippen MR) is 194 cm³/mol. The molecule has 0 unspecified atom stereocenters. The van der Waals surface area contributed by atoms with Gasteiger partial charge in [-0.05, 0) is 69.9 Å². The number of H-pyrrole nitrogens is 2. The molecule has 8 bridgehead atoms. The van der Waals surface area contributed by atoms with Crippen molar-refractivity contribution in [2.75, 3.05) is 13.7 Å². The maximum atomic E-state index is 13.5. The molecular weight excluding hydrogens is 632 g/mol. The standard InChI is InChI=1S/C40H48N4O6/c1-10-24-19(4)26-17-31-33(23(8)45)21(6)28(42-31)15-27-20(5)25(11-12-32(46)50-14-13-18(2)3)37(43-27)35-36(40(48)49-9)39(47)34-22(7)29(44-38(34)35)16-30(24)41-26/h15-17,19-20,24-25,36,42,44-45,47H,2,10-14H2,1,3-9H3/b27-15?,30-16?,31-17?,33-23+/t19-,20+,24-,25+,36-/m1/s1. The summed E-state index contributed by atoms with van der Waals surface area (Å²) >= 11 is 0. The van der Waals surface area contributed by atoms with E-state index in [4.69, 9.17) is 19.4 Å². The fraction of sp³-hybridized carbons (Fsp3) is 0.450. The zero-order valence-electron chi connectivity index (χ0n) is 30.3. The van der Waals surface area contributed by atoms with Crippen LogP contribution in [0.2, 0.25) is 0 Å². The van der Waals surface area contributed by atoms with E-state index in [0.29, 0.717) is 34.8 Å². The van der Waals surface area contributed by atoms with Gasteiger partial charge in [0.25, 0.3) is 0 Å². The maximum Gasteiger partial charge on any atom is 0.321 e. The van der Waals surface area contributed by atoms with Gasteiger partial charge in [0, 0.05) is 80.6 Å². The lowest BCUT2D eigenvalue weighted by Crippen LogP contribution is -2.18. The van der Waals surface area contributed by atoms with E-state index in [2.05, 4.69) is 37.3 Å². The first-order valence-electron chi connectivity index (χ1n) is 17.5. The Balaban J connectivity index is 1.69. The van der Waals surface area contributed by atoms with Crippen molar-refractivity contribution in [3.8, 4) is 0 Å². The summed E-state index contributed by atoms with van der Waals surface area (Å²) in [5, 5.41) is 23.9. The highest BCUT2D eigenvalue weighted by molar-refractivity contribution is 5.96. The molecule has 0 spiro atoms. The van der Waals surface area contributed by atoms with Crippen LogP contribution in [0.15, 0.2) is 30.4 Å². The molecule has 50 heavy (non-hydrogen) atoms. The average molecular weight is 681 g/mol. The van der Waals surface area contributed by atoms with Crippen LogP contribution in [0, 0.1) is 13.8 Å². The molecule has 10 heteroatoms. The van der Waals surface area contributed by atoms with Gasteiger partial charge in [0.2, 0.25) is 0 Å². The second-order valence-corrected chi connectivity index (χ2v) is 14.2. The first-order chi connectivity index (χ1) is 23.8. The van der Waals surface area contributed by atoms with Crippen LogP contribution in [0.25, 0.3) is 33.6 Å². The van der Waals surface area contributed by atoms with E-state index in [1.54, 1.807) is 6.92 Å². The normalized spacial score (nSPS) is 21.7. The number of nitrogens with one attached hydrogen (secondary N) is 2. The van der Waals surface area contributed by atoms with Crippen LogP contribution in [-0.2, 0) is 19.1 Å². The molecule has 10 nitrogen and oxygen atoms in total. The van der Waals surface area contributed by atoms with Gasteiger partial charge in [0.05, 0.1) is 36.2 Å². The van der Waals surface area contributed by atoms with Crippen LogP contribution in [0.3, 0.4) is 0 Å². The number of ether oxygens (including phenoxy) is 2. The molecule has 1 aliphatic carbocycles. The Morgan fingerprint density at radius 3 is 2.22 bits per heavy atom. The molecule has 0 radical (unpaired) electrons. The van der Waals surface area contributed by atoms with Crippen molar-refractivity contribution in [3.63, 3.8) is 0 Å². The molecule has 0 saturated heterocycles. The van der Waals surface area contributed by atoms with E-state index in [1.165, 1.54) is 7.11 Å². The van der Waals surface area contributed by atoms with Crippen molar-refractivity contribution in [3.05, 3.63) is 80.3 Å². The number of hydrogen-bond acceptors (Lipinski definition) is 8. The van der Waals surface area contributed by atoms with E-state index in [9.17, 15) is 19.8 Å². The summed E-state index contributed by atoms with van der Waals surface area (Å²) in [6, 6.07) is 6.06. The van der Waals surface area contributed by atoms with Gasteiger partial charge in [-0.25, -0.2) is 0 Å². The summed E-state index contributed by atoms with van der Waals surface area (Å²) in [7, 11) is 1.31. The molecule has 3 aliphatic rings. The molecule has 0 fully saturated rings. The first kappa shape index (κ1) is 35.0. The number of methoxy groups -OCH3 is 1. The van der Waals surface area contributed by atoms with Gasteiger partial charge in [0.15, 0.2) is 0 Å². The van der Waals surface area contributed by atoms with Crippen LogP contribution in [-0.4, -0.2) is 55.8 Å². The summed E-state index contributed by atoms with van der Waals surface area (Å²) in [6.45, 7) is 18.0. The van der Waals surface area contributed by atoms with Crippen molar-refractivity contribution in [1.29, 1.82) is 0 Å². The fourth-order valence-electron chi connectivity index (χ4n) is 8.05. The number of aromatic nitrogens is 4. The van der Waals surface area contributed by atoms with Crippen LogP contribution in [0.5, 0.6) is 0 Å². The van der Waals surface area contributed by atoms with Crippen LogP contribution in [0.1, 0.15) is 129 Å². The summed E-state index contributed by atoms with van der Waals surface area (Å²) < 4.78 is 10.8. The second kappa shape index (κ2) is 13.5. The number of aromatic amines is 2. The van der Waals surface area contributed by atoms with E-state index in [0.717, 1.165) is 62.0 Å². The van der Waals surface area contributed by atoms with Crippen molar-refractivity contribution in [2.45, 2.75) is 104 Å². The Morgan fingerprint density at radius 2 is 1.56 bits per heavy atom. The van der Waals surface area contributed by atoms with Gasteiger partial charge in [-0.3, -0.25) is 19.6 Å². The average Bonchev–Trinajstić information content (AvgIpc) is 3.80. The van der Waals surface area contributed by atoms with Crippen LogP contribution < -0.4 is 10.4 Å². The highest BCUT2D eigenvalue weighted by Crippen LogP contribution is 2.46. The van der Waals surface area contributed by atoms with E-state index in [1.807, 2.05) is 39.0 Å². The molecule has 3 aromatic heterocycles.